The zero-order valence-electron chi connectivity index (χ0n) is 18.4. The van der Waals surface area contributed by atoms with Crippen molar-refractivity contribution in [2.45, 2.75) is 20.3 Å². The van der Waals surface area contributed by atoms with Crippen LogP contribution in [-0.4, -0.2) is 68.5 Å². The van der Waals surface area contributed by atoms with Gasteiger partial charge in [-0.15, -0.1) is 0 Å². The summed E-state index contributed by atoms with van der Waals surface area (Å²) in [6, 6.07) is 13.3. The topological polar surface area (TPSA) is 53.1 Å². The summed E-state index contributed by atoms with van der Waals surface area (Å²) < 4.78 is 5.33. The molecule has 2 aromatic rings. The van der Waals surface area contributed by atoms with Crippen LogP contribution in [0.2, 0.25) is 0 Å². The first-order valence-corrected chi connectivity index (χ1v) is 10.5. The molecule has 30 heavy (non-hydrogen) atoms. The van der Waals surface area contributed by atoms with Crippen LogP contribution in [0.15, 0.2) is 42.5 Å². The highest BCUT2D eigenvalue weighted by Gasteiger charge is 2.26. The zero-order chi connectivity index (χ0) is 21.7. The van der Waals surface area contributed by atoms with Gasteiger partial charge in [0.05, 0.1) is 7.11 Å². The first-order chi connectivity index (χ1) is 14.4. The highest BCUT2D eigenvalue weighted by Crippen LogP contribution is 2.21. The van der Waals surface area contributed by atoms with Crippen LogP contribution < -0.4 is 9.64 Å². The van der Waals surface area contributed by atoms with Crippen molar-refractivity contribution in [2.75, 3.05) is 51.8 Å². The molecule has 1 aliphatic heterocycles. The molecular weight excluding hydrogens is 378 g/mol. The lowest BCUT2D eigenvalue weighted by Crippen LogP contribution is -2.50. The standard InChI is InChI=1S/C24H31N3O3/c1-5-12-25(3)21-10-8-19(9-11-21)23(28)26-13-15-27(16-14-26)24(29)20-7-6-18(2)22(17-20)30-4/h6-11,17H,5,12-16H2,1-4H3. The van der Waals surface area contributed by atoms with E-state index in [1.165, 1.54) is 0 Å². The van der Waals surface area contributed by atoms with Gasteiger partial charge >= 0.3 is 0 Å². The fourth-order valence-electron chi connectivity index (χ4n) is 3.75. The number of carbonyl (C=O) groups excluding carboxylic acids is 2. The smallest absolute Gasteiger partial charge is 0.254 e. The molecule has 160 valence electrons. The lowest BCUT2D eigenvalue weighted by atomic mass is 10.1. The average molecular weight is 410 g/mol. The Morgan fingerprint density at radius 1 is 0.933 bits per heavy atom. The third-order valence-electron chi connectivity index (χ3n) is 5.62. The Labute approximate surface area is 179 Å². The molecule has 6 heteroatoms. The number of methoxy groups -OCH3 is 1. The third kappa shape index (κ3) is 4.75. The Kier molecular flexibility index (Phi) is 6.98. The highest BCUT2D eigenvalue weighted by molar-refractivity contribution is 5.96. The third-order valence-corrected chi connectivity index (χ3v) is 5.62. The minimum absolute atomic E-state index is 0.0174. The molecule has 0 radical (unpaired) electrons. The predicted octanol–water partition coefficient (Wildman–Crippen LogP) is 3.45. The molecule has 2 amide bonds. The van der Waals surface area contributed by atoms with Crippen LogP contribution in [0.5, 0.6) is 5.75 Å². The van der Waals surface area contributed by atoms with Crippen molar-refractivity contribution in [2.24, 2.45) is 0 Å². The van der Waals surface area contributed by atoms with Gasteiger partial charge in [-0.3, -0.25) is 9.59 Å². The largest absolute Gasteiger partial charge is 0.496 e. The number of ether oxygens (including phenoxy) is 1. The predicted molar refractivity (Wildman–Crippen MR) is 120 cm³/mol. The lowest BCUT2D eigenvalue weighted by molar-refractivity contribution is 0.0535. The molecule has 1 saturated heterocycles. The average Bonchev–Trinajstić information content (AvgIpc) is 2.79. The molecular formula is C24H31N3O3. The quantitative estimate of drug-likeness (QED) is 0.733. The van der Waals surface area contributed by atoms with Gasteiger partial charge in [0.1, 0.15) is 5.75 Å². The molecule has 0 saturated carbocycles. The minimum atomic E-state index is -0.0243. The number of amides is 2. The fourth-order valence-corrected chi connectivity index (χ4v) is 3.75. The second-order valence-corrected chi connectivity index (χ2v) is 7.74. The number of hydrogen-bond donors (Lipinski definition) is 0. The molecule has 0 N–H and O–H groups in total. The molecule has 0 aromatic heterocycles. The Balaban J connectivity index is 1.59. The minimum Gasteiger partial charge on any atom is -0.496 e. The summed E-state index contributed by atoms with van der Waals surface area (Å²) in [5.41, 5.74) is 3.41. The Morgan fingerprint density at radius 2 is 1.47 bits per heavy atom. The molecule has 6 nitrogen and oxygen atoms in total. The number of nitrogens with zero attached hydrogens (tertiary/aromatic N) is 3. The van der Waals surface area contributed by atoms with E-state index in [4.69, 9.17) is 4.74 Å². The second-order valence-electron chi connectivity index (χ2n) is 7.74. The summed E-state index contributed by atoms with van der Waals surface area (Å²) >= 11 is 0. The van der Waals surface area contributed by atoms with Crippen molar-refractivity contribution in [1.82, 2.24) is 9.80 Å². The van der Waals surface area contributed by atoms with Gasteiger partial charge in [0.25, 0.3) is 11.8 Å². The number of benzene rings is 2. The van der Waals surface area contributed by atoms with E-state index in [2.05, 4.69) is 18.9 Å². The van der Waals surface area contributed by atoms with Crippen LogP contribution in [0.4, 0.5) is 5.69 Å². The molecule has 0 atom stereocenters. The number of piperazine rings is 1. The van der Waals surface area contributed by atoms with Gasteiger partial charge in [0.2, 0.25) is 0 Å². The number of hydrogen-bond acceptors (Lipinski definition) is 4. The molecule has 1 fully saturated rings. The molecule has 3 rings (SSSR count). The normalized spacial score (nSPS) is 13.9. The van der Waals surface area contributed by atoms with Gasteiger partial charge in [-0.2, -0.15) is 0 Å². The van der Waals surface area contributed by atoms with Gasteiger partial charge < -0.3 is 19.4 Å². The molecule has 2 aromatic carbocycles. The summed E-state index contributed by atoms with van der Waals surface area (Å²) in [7, 11) is 3.66. The van der Waals surface area contributed by atoms with Crippen LogP contribution >= 0.6 is 0 Å². The maximum atomic E-state index is 12.9. The summed E-state index contributed by atoms with van der Waals surface area (Å²) in [6.07, 6.45) is 1.08. The van der Waals surface area contributed by atoms with Gasteiger partial charge in [0, 0.05) is 56.6 Å². The van der Waals surface area contributed by atoms with E-state index in [1.807, 2.05) is 48.2 Å². The summed E-state index contributed by atoms with van der Waals surface area (Å²) in [6.45, 7) is 7.20. The van der Waals surface area contributed by atoms with Gasteiger partial charge in [-0.1, -0.05) is 13.0 Å². The van der Waals surface area contributed by atoms with Crippen LogP contribution in [0.3, 0.4) is 0 Å². The number of carbonyl (C=O) groups is 2. The second kappa shape index (κ2) is 9.65. The van der Waals surface area contributed by atoms with E-state index in [0.717, 1.165) is 24.2 Å². The lowest BCUT2D eigenvalue weighted by Gasteiger charge is -2.35. The fraction of sp³-hybridized carbons (Fsp3) is 0.417. The van der Waals surface area contributed by atoms with E-state index in [1.54, 1.807) is 18.1 Å². The van der Waals surface area contributed by atoms with Crippen molar-refractivity contribution >= 4 is 17.5 Å². The maximum Gasteiger partial charge on any atom is 0.254 e. The van der Waals surface area contributed by atoms with Crippen molar-refractivity contribution in [3.8, 4) is 5.75 Å². The Hall–Kier alpha value is -3.02. The Morgan fingerprint density at radius 3 is 2.00 bits per heavy atom. The van der Waals surface area contributed by atoms with E-state index < -0.39 is 0 Å². The highest BCUT2D eigenvalue weighted by atomic mass is 16.5. The molecule has 0 spiro atoms. The van der Waals surface area contributed by atoms with E-state index in [0.29, 0.717) is 43.1 Å². The van der Waals surface area contributed by atoms with Gasteiger partial charge in [0.15, 0.2) is 0 Å². The van der Waals surface area contributed by atoms with E-state index >= 15 is 0 Å². The van der Waals surface area contributed by atoms with Crippen LogP contribution in [-0.2, 0) is 0 Å². The van der Waals surface area contributed by atoms with Crippen molar-refractivity contribution in [3.05, 3.63) is 59.2 Å². The molecule has 0 unspecified atom stereocenters. The van der Waals surface area contributed by atoms with Crippen molar-refractivity contribution in [1.29, 1.82) is 0 Å². The van der Waals surface area contributed by atoms with E-state index in [-0.39, 0.29) is 11.8 Å². The van der Waals surface area contributed by atoms with Crippen LogP contribution in [0, 0.1) is 6.92 Å². The van der Waals surface area contributed by atoms with Crippen LogP contribution in [0.25, 0.3) is 0 Å². The molecule has 1 aliphatic rings. The van der Waals surface area contributed by atoms with Gasteiger partial charge in [-0.05, 0) is 55.3 Å². The maximum absolute atomic E-state index is 12.9. The molecule has 0 aliphatic carbocycles. The summed E-state index contributed by atoms with van der Waals surface area (Å²) in [5.74, 6) is 0.704. The van der Waals surface area contributed by atoms with Crippen molar-refractivity contribution < 1.29 is 14.3 Å². The SMILES string of the molecule is CCCN(C)c1ccc(C(=O)N2CCN(C(=O)c3ccc(C)c(OC)c3)CC2)cc1. The first-order valence-electron chi connectivity index (χ1n) is 10.5. The number of rotatable bonds is 6. The summed E-state index contributed by atoms with van der Waals surface area (Å²) in [5, 5.41) is 0. The monoisotopic (exact) mass is 409 g/mol. The van der Waals surface area contributed by atoms with Crippen LogP contribution in [0.1, 0.15) is 39.6 Å². The first kappa shape index (κ1) is 21.7. The molecule has 0 bridgehead atoms. The van der Waals surface area contributed by atoms with Crippen molar-refractivity contribution in [3.63, 3.8) is 0 Å². The summed E-state index contributed by atoms with van der Waals surface area (Å²) in [4.78, 5) is 31.5. The number of anilines is 1. The molecule has 1 heterocycles. The Bertz CT molecular complexity index is 887. The van der Waals surface area contributed by atoms with Gasteiger partial charge in [-0.25, -0.2) is 0 Å². The van der Waals surface area contributed by atoms with E-state index in [9.17, 15) is 9.59 Å². The number of aryl methyl sites for hydroxylation is 1. The zero-order valence-corrected chi connectivity index (χ0v) is 18.4.